The van der Waals surface area contributed by atoms with Crippen LogP contribution in [0.15, 0.2) is 24.3 Å². The van der Waals surface area contributed by atoms with Gasteiger partial charge in [-0.15, -0.1) is 0 Å². The van der Waals surface area contributed by atoms with Crippen LogP contribution < -0.4 is 10.6 Å². The summed E-state index contributed by atoms with van der Waals surface area (Å²) in [7, 11) is 0. The van der Waals surface area contributed by atoms with E-state index in [9.17, 15) is 0 Å². The van der Waals surface area contributed by atoms with Crippen LogP contribution in [0.25, 0.3) is 0 Å². The fourth-order valence-electron chi connectivity index (χ4n) is 2.74. The minimum atomic E-state index is 0.368. The van der Waals surface area contributed by atoms with Gasteiger partial charge in [-0.25, -0.2) is 0 Å². The minimum Gasteiger partial charge on any atom is -0.370 e. The summed E-state index contributed by atoms with van der Waals surface area (Å²) >= 11 is 0. The number of nitrogens with zero attached hydrogens (tertiary/aromatic N) is 1. The molecule has 0 amide bonds. The van der Waals surface area contributed by atoms with E-state index in [0.717, 1.165) is 25.4 Å². The first-order chi connectivity index (χ1) is 7.83. The van der Waals surface area contributed by atoms with Crippen molar-refractivity contribution in [3.8, 4) is 0 Å². The van der Waals surface area contributed by atoms with Gasteiger partial charge in [-0.2, -0.15) is 0 Å². The molecule has 1 aliphatic heterocycles. The number of benzene rings is 1. The quantitative estimate of drug-likeness (QED) is 0.823. The maximum Gasteiger partial charge on any atom is 0.0369 e. The lowest BCUT2D eigenvalue weighted by atomic mass is 9.80. The molecule has 0 radical (unpaired) electrons. The first-order valence-electron chi connectivity index (χ1n) is 6.43. The van der Waals surface area contributed by atoms with Crippen LogP contribution in [0.1, 0.15) is 37.2 Å². The Labute approximate surface area is 97.4 Å². The van der Waals surface area contributed by atoms with Gasteiger partial charge >= 0.3 is 0 Å². The van der Waals surface area contributed by atoms with Crippen molar-refractivity contribution >= 4 is 5.69 Å². The molecule has 1 saturated carbocycles. The molecule has 1 atom stereocenters. The van der Waals surface area contributed by atoms with Gasteiger partial charge in [-0.05, 0) is 42.9 Å². The Bertz CT molecular complexity index is 371. The molecule has 1 unspecified atom stereocenters. The van der Waals surface area contributed by atoms with Crippen molar-refractivity contribution in [2.24, 2.45) is 5.73 Å². The minimum absolute atomic E-state index is 0.368. The highest BCUT2D eigenvalue weighted by molar-refractivity contribution is 5.50. The van der Waals surface area contributed by atoms with Crippen molar-refractivity contribution in [3.63, 3.8) is 0 Å². The molecule has 1 aromatic rings. The van der Waals surface area contributed by atoms with Gasteiger partial charge in [0, 0.05) is 24.8 Å². The lowest BCUT2D eigenvalue weighted by Crippen LogP contribution is -2.26. The molecule has 0 aromatic heterocycles. The number of rotatable bonds is 2. The van der Waals surface area contributed by atoms with Gasteiger partial charge in [0.1, 0.15) is 0 Å². The maximum atomic E-state index is 5.96. The van der Waals surface area contributed by atoms with Gasteiger partial charge in [0.25, 0.3) is 0 Å². The van der Waals surface area contributed by atoms with Gasteiger partial charge in [0.15, 0.2) is 0 Å². The molecular formula is C14H20N2. The van der Waals surface area contributed by atoms with Gasteiger partial charge in [0.05, 0.1) is 0 Å². The Hall–Kier alpha value is -1.02. The molecule has 86 valence electrons. The molecule has 0 bridgehead atoms. The number of anilines is 1. The summed E-state index contributed by atoms with van der Waals surface area (Å²) < 4.78 is 0. The predicted molar refractivity (Wildman–Crippen MR) is 67.8 cm³/mol. The van der Waals surface area contributed by atoms with Crippen LogP contribution >= 0.6 is 0 Å². The highest BCUT2D eigenvalue weighted by Crippen LogP contribution is 2.37. The van der Waals surface area contributed by atoms with Gasteiger partial charge in [-0.1, -0.05) is 18.6 Å². The number of hydrogen-bond donors (Lipinski definition) is 1. The fourth-order valence-corrected chi connectivity index (χ4v) is 2.74. The van der Waals surface area contributed by atoms with Gasteiger partial charge in [0.2, 0.25) is 0 Å². The molecule has 2 nitrogen and oxygen atoms in total. The molecule has 1 saturated heterocycles. The van der Waals surface area contributed by atoms with E-state index in [1.54, 1.807) is 0 Å². The second kappa shape index (κ2) is 4.10. The largest absolute Gasteiger partial charge is 0.370 e. The van der Waals surface area contributed by atoms with Crippen molar-refractivity contribution in [1.82, 2.24) is 0 Å². The molecular weight excluding hydrogens is 196 g/mol. The van der Waals surface area contributed by atoms with E-state index in [-0.39, 0.29) is 0 Å². The van der Waals surface area contributed by atoms with Gasteiger partial charge < -0.3 is 10.6 Å². The monoisotopic (exact) mass is 216 g/mol. The second-order valence-corrected chi connectivity index (χ2v) is 5.22. The Kier molecular flexibility index (Phi) is 2.60. The molecule has 3 rings (SSSR count). The smallest absolute Gasteiger partial charge is 0.0369 e. The van der Waals surface area contributed by atoms with E-state index >= 15 is 0 Å². The van der Waals surface area contributed by atoms with Crippen LogP contribution in [0.4, 0.5) is 5.69 Å². The third-order valence-corrected chi connectivity index (χ3v) is 4.04. The molecule has 2 fully saturated rings. The van der Waals surface area contributed by atoms with E-state index in [1.807, 2.05) is 0 Å². The summed E-state index contributed by atoms with van der Waals surface area (Å²) in [5, 5.41) is 0. The third-order valence-electron chi connectivity index (χ3n) is 4.04. The van der Waals surface area contributed by atoms with Crippen molar-refractivity contribution < 1.29 is 0 Å². The average molecular weight is 216 g/mol. The zero-order valence-electron chi connectivity index (χ0n) is 9.73. The molecule has 1 aliphatic carbocycles. The van der Waals surface area contributed by atoms with Crippen molar-refractivity contribution in [3.05, 3.63) is 29.8 Å². The molecule has 2 aliphatic rings. The number of nitrogens with two attached hydrogens (primary N) is 1. The summed E-state index contributed by atoms with van der Waals surface area (Å²) in [5.41, 5.74) is 8.86. The van der Waals surface area contributed by atoms with Crippen molar-refractivity contribution in [2.75, 3.05) is 18.0 Å². The first-order valence-corrected chi connectivity index (χ1v) is 6.43. The van der Waals surface area contributed by atoms with Crippen molar-refractivity contribution in [2.45, 2.75) is 37.6 Å². The lowest BCUT2D eigenvalue weighted by molar-refractivity contribution is 0.420. The van der Waals surface area contributed by atoms with Crippen LogP contribution in [0.5, 0.6) is 0 Å². The average Bonchev–Trinajstić information content (AvgIpc) is 2.63. The predicted octanol–water partition coefficient (Wildman–Crippen LogP) is 2.49. The van der Waals surface area contributed by atoms with E-state index in [2.05, 4.69) is 29.2 Å². The normalized spacial score (nSPS) is 25.8. The Morgan fingerprint density at radius 2 is 2.06 bits per heavy atom. The SMILES string of the molecule is NC1CCN(c2cccc(C3CCC3)c2)C1. The number of hydrogen-bond acceptors (Lipinski definition) is 2. The second-order valence-electron chi connectivity index (χ2n) is 5.22. The zero-order chi connectivity index (χ0) is 11.0. The Morgan fingerprint density at radius 3 is 2.69 bits per heavy atom. The highest BCUT2D eigenvalue weighted by atomic mass is 15.2. The summed E-state index contributed by atoms with van der Waals surface area (Å²) in [6, 6.07) is 9.45. The van der Waals surface area contributed by atoms with E-state index in [0.29, 0.717) is 6.04 Å². The molecule has 0 spiro atoms. The van der Waals surface area contributed by atoms with E-state index in [4.69, 9.17) is 5.73 Å². The zero-order valence-corrected chi connectivity index (χ0v) is 9.73. The Balaban J connectivity index is 1.79. The van der Waals surface area contributed by atoms with Crippen LogP contribution in [-0.4, -0.2) is 19.1 Å². The van der Waals surface area contributed by atoms with Crippen molar-refractivity contribution in [1.29, 1.82) is 0 Å². The molecule has 1 aromatic carbocycles. The fraction of sp³-hybridized carbons (Fsp3) is 0.571. The molecule has 2 N–H and O–H groups in total. The van der Waals surface area contributed by atoms with Gasteiger partial charge in [-0.3, -0.25) is 0 Å². The van der Waals surface area contributed by atoms with Crippen LogP contribution in [-0.2, 0) is 0 Å². The summed E-state index contributed by atoms with van der Waals surface area (Å²) in [6.45, 7) is 2.14. The first kappa shape index (κ1) is 10.2. The van der Waals surface area contributed by atoms with E-state index < -0.39 is 0 Å². The maximum absolute atomic E-state index is 5.96. The summed E-state index contributed by atoms with van der Waals surface area (Å²) in [4.78, 5) is 2.42. The highest BCUT2D eigenvalue weighted by Gasteiger charge is 2.22. The lowest BCUT2D eigenvalue weighted by Gasteiger charge is -2.27. The topological polar surface area (TPSA) is 29.3 Å². The van der Waals surface area contributed by atoms with E-state index in [1.165, 1.54) is 30.5 Å². The molecule has 2 heteroatoms. The molecule has 1 heterocycles. The van der Waals surface area contributed by atoms with Crippen LogP contribution in [0.3, 0.4) is 0 Å². The Morgan fingerprint density at radius 1 is 1.19 bits per heavy atom. The summed E-state index contributed by atoms with van der Waals surface area (Å²) in [5.74, 6) is 0.830. The standard InChI is InChI=1S/C14H20N2/c15-13-7-8-16(10-13)14-6-2-5-12(9-14)11-3-1-4-11/h2,5-6,9,11,13H,1,3-4,7-8,10,15H2. The van der Waals surface area contributed by atoms with Crippen LogP contribution in [0, 0.1) is 0 Å². The third kappa shape index (κ3) is 1.82. The molecule has 16 heavy (non-hydrogen) atoms. The summed E-state index contributed by atoms with van der Waals surface area (Å²) in [6.07, 6.45) is 5.29. The van der Waals surface area contributed by atoms with Crippen LogP contribution in [0.2, 0.25) is 0 Å².